The highest BCUT2D eigenvalue weighted by Gasteiger charge is 2.25. The number of fused-ring (bicyclic) bond motifs is 3. The van der Waals surface area contributed by atoms with Gasteiger partial charge in [0.05, 0.1) is 0 Å². The molecule has 1 unspecified atom stereocenters. The van der Waals surface area contributed by atoms with Crippen LogP contribution >= 0.6 is 11.6 Å². The lowest BCUT2D eigenvalue weighted by atomic mass is 9.84. The maximum Gasteiger partial charge on any atom is 0.0486 e. The maximum atomic E-state index is 6.32. The van der Waals surface area contributed by atoms with Crippen molar-refractivity contribution in [3.63, 3.8) is 0 Å². The van der Waals surface area contributed by atoms with Crippen LogP contribution in [0.15, 0.2) is 18.2 Å². The van der Waals surface area contributed by atoms with Crippen LogP contribution in [0.2, 0.25) is 5.02 Å². The first-order valence-electron chi connectivity index (χ1n) is 10.1. The van der Waals surface area contributed by atoms with Gasteiger partial charge < -0.3 is 4.57 Å². The summed E-state index contributed by atoms with van der Waals surface area (Å²) in [6.45, 7) is 3.53. The zero-order chi connectivity index (χ0) is 16.5. The first-order chi connectivity index (χ1) is 11.8. The molecule has 0 N–H and O–H groups in total. The summed E-state index contributed by atoms with van der Waals surface area (Å²) in [5.74, 6) is 1.84. The van der Waals surface area contributed by atoms with E-state index in [0.717, 1.165) is 16.9 Å². The fraction of sp³-hybridized carbons (Fsp3) is 0.636. The normalized spacial score (nSPS) is 21.5. The average molecular weight is 344 g/mol. The highest BCUT2D eigenvalue weighted by Crippen LogP contribution is 2.38. The molecular weight excluding hydrogens is 314 g/mol. The van der Waals surface area contributed by atoms with Crippen molar-refractivity contribution >= 4 is 22.5 Å². The van der Waals surface area contributed by atoms with Gasteiger partial charge in [0.25, 0.3) is 0 Å². The predicted octanol–water partition coefficient (Wildman–Crippen LogP) is 6.78. The highest BCUT2D eigenvalue weighted by molar-refractivity contribution is 6.31. The van der Waals surface area contributed by atoms with Crippen molar-refractivity contribution in [2.75, 3.05) is 0 Å². The molecule has 4 rings (SSSR count). The number of rotatable bonds is 5. The minimum atomic E-state index is 0.882. The molecule has 0 saturated heterocycles. The molecule has 0 bridgehead atoms. The minimum absolute atomic E-state index is 0.882. The molecule has 0 spiro atoms. The van der Waals surface area contributed by atoms with E-state index in [0.29, 0.717) is 0 Å². The fourth-order valence-electron chi connectivity index (χ4n) is 5.21. The van der Waals surface area contributed by atoms with Crippen LogP contribution in [0.5, 0.6) is 0 Å². The summed E-state index contributed by atoms with van der Waals surface area (Å²) in [4.78, 5) is 0. The highest BCUT2D eigenvalue weighted by atomic mass is 35.5. The Balaban J connectivity index is 1.68. The molecule has 0 amide bonds. The maximum absolute atomic E-state index is 6.32. The van der Waals surface area contributed by atoms with E-state index in [9.17, 15) is 0 Å². The molecule has 1 atom stereocenters. The van der Waals surface area contributed by atoms with Gasteiger partial charge in [0, 0.05) is 28.2 Å². The number of nitrogens with zero attached hydrogens (tertiary/aromatic N) is 1. The van der Waals surface area contributed by atoms with Gasteiger partial charge in [-0.25, -0.2) is 0 Å². The molecule has 1 fully saturated rings. The summed E-state index contributed by atoms with van der Waals surface area (Å²) >= 11 is 6.32. The second-order valence-corrected chi connectivity index (χ2v) is 8.51. The number of hydrogen-bond donors (Lipinski definition) is 0. The third-order valence-corrected chi connectivity index (χ3v) is 6.70. The minimum Gasteiger partial charge on any atom is -0.344 e. The zero-order valence-electron chi connectivity index (χ0n) is 15.0. The summed E-state index contributed by atoms with van der Waals surface area (Å²) in [7, 11) is 0. The van der Waals surface area contributed by atoms with Gasteiger partial charge in [-0.15, -0.1) is 0 Å². The molecule has 1 aromatic carbocycles. The lowest BCUT2D eigenvalue weighted by Crippen LogP contribution is -2.17. The van der Waals surface area contributed by atoms with Crippen LogP contribution in [0.4, 0.5) is 0 Å². The van der Waals surface area contributed by atoms with Crippen molar-refractivity contribution in [3.05, 3.63) is 34.5 Å². The van der Waals surface area contributed by atoms with Crippen molar-refractivity contribution in [1.82, 2.24) is 4.57 Å². The fourth-order valence-corrected chi connectivity index (χ4v) is 5.38. The van der Waals surface area contributed by atoms with Crippen molar-refractivity contribution in [1.29, 1.82) is 0 Å². The molecular formula is C22H30ClN. The summed E-state index contributed by atoms with van der Waals surface area (Å²) in [6.07, 6.45) is 13.7. The quantitative estimate of drug-likeness (QED) is 0.563. The standard InChI is InChI=1S/C22H30ClN/c1-2-5-17-8-10-19-20-15-18(23)9-11-21(20)24(22(19)14-17)13-12-16-6-3-4-7-16/h9,11,15-17H,2-8,10,12-14H2,1H3. The predicted molar refractivity (Wildman–Crippen MR) is 104 cm³/mol. The molecule has 2 aliphatic rings. The van der Waals surface area contributed by atoms with Crippen molar-refractivity contribution in [2.24, 2.45) is 11.8 Å². The Hall–Kier alpha value is -0.950. The van der Waals surface area contributed by atoms with E-state index in [-0.39, 0.29) is 0 Å². The molecule has 1 heterocycles. The summed E-state index contributed by atoms with van der Waals surface area (Å²) in [6, 6.07) is 6.55. The van der Waals surface area contributed by atoms with Gasteiger partial charge in [-0.05, 0) is 61.3 Å². The van der Waals surface area contributed by atoms with Gasteiger partial charge >= 0.3 is 0 Å². The van der Waals surface area contributed by atoms with E-state index in [2.05, 4.69) is 29.7 Å². The van der Waals surface area contributed by atoms with E-state index >= 15 is 0 Å². The summed E-state index contributed by atoms with van der Waals surface area (Å²) in [5.41, 5.74) is 4.67. The van der Waals surface area contributed by atoms with Gasteiger partial charge in [0.15, 0.2) is 0 Å². The van der Waals surface area contributed by atoms with Gasteiger partial charge in [-0.1, -0.05) is 57.0 Å². The van der Waals surface area contributed by atoms with Crippen LogP contribution in [0, 0.1) is 11.8 Å². The zero-order valence-corrected chi connectivity index (χ0v) is 15.7. The van der Waals surface area contributed by atoms with Gasteiger partial charge in [-0.2, -0.15) is 0 Å². The molecule has 2 aliphatic carbocycles. The molecule has 24 heavy (non-hydrogen) atoms. The lowest BCUT2D eigenvalue weighted by molar-refractivity contribution is 0.400. The number of halogens is 1. The van der Waals surface area contributed by atoms with Crippen LogP contribution in [-0.4, -0.2) is 4.57 Å². The second kappa shape index (κ2) is 7.12. The molecule has 2 aromatic rings. The SMILES string of the molecule is CCCC1CCc2c(n(CCC3CCCC3)c3ccc(Cl)cc23)C1. The van der Waals surface area contributed by atoms with Crippen molar-refractivity contribution in [2.45, 2.75) is 77.7 Å². The van der Waals surface area contributed by atoms with E-state index in [1.165, 1.54) is 81.7 Å². The van der Waals surface area contributed by atoms with E-state index in [4.69, 9.17) is 11.6 Å². The number of aryl methyl sites for hydroxylation is 2. The Morgan fingerprint density at radius 3 is 2.71 bits per heavy atom. The molecule has 1 nitrogen and oxygen atoms in total. The third kappa shape index (κ3) is 3.12. The van der Waals surface area contributed by atoms with Crippen LogP contribution < -0.4 is 0 Å². The van der Waals surface area contributed by atoms with Crippen molar-refractivity contribution in [3.8, 4) is 0 Å². The first-order valence-corrected chi connectivity index (χ1v) is 10.4. The smallest absolute Gasteiger partial charge is 0.0486 e. The lowest BCUT2D eigenvalue weighted by Gasteiger charge is -2.24. The molecule has 2 heteroatoms. The second-order valence-electron chi connectivity index (χ2n) is 8.08. The van der Waals surface area contributed by atoms with E-state index in [1.54, 1.807) is 11.3 Å². The number of benzene rings is 1. The Morgan fingerprint density at radius 1 is 1.08 bits per heavy atom. The van der Waals surface area contributed by atoms with Gasteiger partial charge in [-0.3, -0.25) is 0 Å². The first kappa shape index (κ1) is 16.5. The molecule has 1 aromatic heterocycles. The third-order valence-electron chi connectivity index (χ3n) is 6.47. The van der Waals surface area contributed by atoms with Crippen LogP contribution in [0.3, 0.4) is 0 Å². The molecule has 1 saturated carbocycles. The number of hydrogen-bond acceptors (Lipinski definition) is 0. The van der Waals surface area contributed by atoms with E-state index < -0.39 is 0 Å². The van der Waals surface area contributed by atoms with E-state index in [1.807, 2.05) is 0 Å². The Kier molecular flexibility index (Phi) is 4.90. The average Bonchev–Trinajstić information content (AvgIpc) is 3.19. The largest absolute Gasteiger partial charge is 0.344 e. The molecule has 0 radical (unpaired) electrons. The van der Waals surface area contributed by atoms with Gasteiger partial charge in [0.2, 0.25) is 0 Å². The number of aromatic nitrogens is 1. The molecule has 0 aliphatic heterocycles. The Morgan fingerprint density at radius 2 is 1.92 bits per heavy atom. The van der Waals surface area contributed by atoms with Crippen molar-refractivity contribution < 1.29 is 0 Å². The van der Waals surface area contributed by atoms with Gasteiger partial charge in [0.1, 0.15) is 0 Å². The van der Waals surface area contributed by atoms with Crippen LogP contribution in [-0.2, 0) is 19.4 Å². The monoisotopic (exact) mass is 343 g/mol. The Labute approximate surface area is 151 Å². The Bertz CT molecular complexity index is 708. The summed E-state index contributed by atoms with van der Waals surface area (Å²) < 4.78 is 2.67. The summed E-state index contributed by atoms with van der Waals surface area (Å²) in [5, 5.41) is 2.31. The topological polar surface area (TPSA) is 4.93 Å². The van der Waals surface area contributed by atoms with Crippen LogP contribution in [0.1, 0.15) is 69.5 Å². The van der Waals surface area contributed by atoms with Crippen LogP contribution in [0.25, 0.3) is 10.9 Å². The molecule has 130 valence electrons.